The monoisotopic (exact) mass is 306 g/mol. The molecule has 0 aliphatic carbocycles. The van der Waals surface area contributed by atoms with Gasteiger partial charge in [0, 0.05) is 17.3 Å². The van der Waals surface area contributed by atoms with Crippen molar-refractivity contribution in [2.45, 2.75) is 13.8 Å². The topological polar surface area (TPSA) is 51.2 Å². The lowest BCUT2D eigenvalue weighted by Crippen LogP contribution is -2.21. The molecule has 2 aromatic carbocycles. The summed E-state index contributed by atoms with van der Waals surface area (Å²) >= 11 is 0. The molecule has 0 bridgehead atoms. The molecule has 116 valence electrons. The molecule has 4 nitrogen and oxygen atoms in total. The third-order valence-electron chi connectivity index (χ3n) is 3.70. The van der Waals surface area contributed by atoms with Crippen LogP contribution in [0, 0.1) is 13.8 Å². The minimum Gasteiger partial charge on any atom is -0.481 e. The molecular formula is C19H18N2O2. The summed E-state index contributed by atoms with van der Waals surface area (Å²) in [6, 6.07) is 15.4. The molecular weight excluding hydrogens is 288 g/mol. The summed E-state index contributed by atoms with van der Waals surface area (Å²) in [5.74, 6) is 0.426. The Morgan fingerprint density at radius 2 is 1.74 bits per heavy atom. The van der Waals surface area contributed by atoms with Gasteiger partial charge in [0.15, 0.2) is 6.61 Å². The van der Waals surface area contributed by atoms with Gasteiger partial charge >= 0.3 is 0 Å². The Hall–Kier alpha value is -2.88. The molecule has 0 radical (unpaired) electrons. The highest BCUT2D eigenvalue weighted by atomic mass is 16.5. The molecule has 1 heterocycles. The fraction of sp³-hybridized carbons (Fsp3) is 0.158. The van der Waals surface area contributed by atoms with Gasteiger partial charge in [-0.05, 0) is 37.1 Å². The number of hydrogen-bond donors (Lipinski definition) is 1. The van der Waals surface area contributed by atoms with Gasteiger partial charge < -0.3 is 10.1 Å². The second-order valence-corrected chi connectivity index (χ2v) is 5.43. The van der Waals surface area contributed by atoms with Crippen LogP contribution >= 0.6 is 0 Å². The average molecular weight is 306 g/mol. The Morgan fingerprint density at radius 1 is 1.04 bits per heavy atom. The molecule has 0 spiro atoms. The van der Waals surface area contributed by atoms with E-state index in [1.807, 2.05) is 62.4 Å². The van der Waals surface area contributed by atoms with Crippen LogP contribution in [-0.2, 0) is 4.79 Å². The average Bonchev–Trinajstić information content (AvgIpc) is 2.56. The van der Waals surface area contributed by atoms with E-state index in [-0.39, 0.29) is 12.5 Å². The number of anilines is 1. The quantitative estimate of drug-likeness (QED) is 0.796. The number of ether oxygens (including phenoxy) is 1. The highest BCUT2D eigenvalue weighted by Crippen LogP contribution is 2.23. The lowest BCUT2D eigenvalue weighted by molar-refractivity contribution is -0.118. The summed E-state index contributed by atoms with van der Waals surface area (Å²) in [6.45, 7) is 3.89. The van der Waals surface area contributed by atoms with Gasteiger partial charge in [-0.2, -0.15) is 0 Å². The van der Waals surface area contributed by atoms with Crippen molar-refractivity contribution < 1.29 is 9.53 Å². The van der Waals surface area contributed by atoms with Crippen molar-refractivity contribution in [3.8, 4) is 5.75 Å². The molecule has 0 saturated heterocycles. The van der Waals surface area contributed by atoms with Gasteiger partial charge in [-0.1, -0.05) is 36.4 Å². The second kappa shape index (κ2) is 6.48. The molecule has 1 aromatic heterocycles. The lowest BCUT2D eigenvalue weighted by Gasteiger charge is -2.12. The van der Waals surface area contributed by atoms with E-state index in [4.69, 9.17) is 4.74 Å². The SMILES string of the molecule is Cc1cccc(C)c1NC(=O)COc1cccc2cccnc12. The number of benzene rings is 2. The van der Waals surface area contributed by atoms with Crippen LogP contribution in [0.3, 0.4) is 0 Å². The maximum atomic E-state index is 12.2. The van der Waals surface area contributed by atoms with Crippen LogP contribution in [0.2, 0.25) is 0 Å². The number of aryl methyl sites for hydroxylation is 2. The summed E-state index contributed by atoms with van der Waals surface area (Å²) in [5.41, 5.74) is 3.67. The minimum atomic E-state index is -0.185. The Kier molecular flexibility index (Phi) is 4.24. The lowest BCUT2D eigenvalue weighted by atomic mass is 10.1. The zero-order valence-electron chi connectivity index (χ0n) is 13.2. The Balaban J connectivity index is 1.71. The summed E-state index contributed by atoms with van der Waals surface area (Å²) in [7, 11) is 0. The zero-order valence-corrected chi connectivity index (χ0v) is 13.2. The molecule has 0 saturated carbocycles. The number of hydrogen-bond acceptors (Lipinski definition) is 3. The van der Waals surface area contributed by atoms with Gasteiger partial charge in [-0.25, -0.2) is 0 Å². The van der Waals surface area contributed by atoms with E-state index >= 15 is 0 Å². The first kappa shape index (κ1) is 15.0. The highest BCUT2D eigenvalue weighted by molar-refractivity contribution is 5.93. The van der Waals surface area contributed by atoms with E-state index in [9.17, 15) is 4.79 Å². The number of para-hydroxylation sites is 2. The van der Waals surface area contributed by atoms with Gasteiger partial charge in [-0.3, -0.25) is 9.78 Å². The number of carbonyl (C=O) groups excluding carboxylic acids is 1. The molecule has 1 amide bonds. The smallest absolute Gasteiger partial charge is 0.262 e. The predicted octanol–water partition coefficient (Wildman–Crippen LogP) is 3.87. The molecule has 3 rings (SSSR count). The van der Waals surface area contributed by atoms with Crippen LogP contribution in [0.25, 0.3) is 10.9 Å². The summed E-state index contributed by atoms with van der Waals surface area (Å²) in [6.07, 6.45) is 1.71. The molecule has 1 N–H and O–H groups in total. The normalized spacial score (nSPS) is 10.5. The highest BCUT2D eigenvalue weighted by Gasteiger charge is 2.09. The molecule has 3 aromatic rings. The van der Waals surface area contributed by atoms with Crippen LogP contribution in [0.15, 0.2) is 54.7 Å². The van der Waals surface area contributed by atoms with Gasteiger partial charge in [0.25, 0.3) is 5.91 Å². The first-order valence-corrected chi connectivity index (χ1v) is 7.48. The number of rotatable bonds is 4. The van der Waals surface area contributed by atoms with E-state index in [0.717, 1.165) is 27.7 Å². The number of carbonyl (C=O) groups is 1. The van der Waals surface area contributed by atoms with Crippen LogP contribution in [0.1, 0.15) is 11.1 Å². The molecule has 0 fully saturated rings. The molecule has 0 aliphatic rings. The van der Waals surface area contributed by atoms with E-state index in [2.05, 4.69) is 10.3 Å². The fourth-order valence-corrected chi connectivity index (χ4v) is 2.52. The van der Waals surface area contributed by atoms with Crippen molar-refractivity contribution in [1.29, 1.82) is 0 Å². The van der Waals surface area contributed by atoms with Crippen molar-refractivity contribution >= 4 is 22.5 Å². The van der Waals surface area contributed by atoms with Crippen molar-refractivity contribution in [1.82, 2.24) is 4.98 Å². The van der Waals surface area contributed by atoms with E-state index < -0.39 is 0 Å². The van der Waals surface area contributed by atoms with E-state index in [1.165, 1.54) is 0 Å². The van der Waals surface area contributed by atoms with Crippen LogP contribution < -0.4 is 10.1 Å². The summed E-state index contributed by atoms with van der Waals surface area (Å²) in [4.78, 5) is 16.5. The predicted molar refractivity (Wildman–Crippen MR) is 91.8 cm³/mol. The Bertz CT molecular complexity index is 833. The molecule has 23 heavy (non-hydrogen) atoms. The third-order valence-corrected chi connectivity index (χ3v) is 3.70. The second-order valence-electron chi connectivity index (χ2n) is 5.43. The van der Waals surface area contributed by atoms with Gasteiger partial charge in [0.2, 0.25) is 0 Å². The Labute approximate surface area is 135 Å². The number of nitrogens with zero attached hydrogens (tertiary/aromatic N) is 1. The largest absolute Gasteiger partial charge is 0.481 e. The maximum absolute atomic E-state index is 12.2. The third kappa shape index (κ3) is 3.31. The van der Waals surface area contributed by atoms with Crippen molar-refractivity contribution in [2.75, 3.05) is 11.9 Å². The first-order valence-electron chi connectivity index (χ1n) is 7.48. The summed E-state index contributed by atoms with van der Waals surface area (Å²) < 4.78 is 5.66. The number of pyridine rings is 1. The van der Waals surface area contributed by atoms with Crippen molar-refractivity contribution in [2.24, 2.45) is 0 Å². The fourth-order valence-electron chi connectivity index (χ4n) is 2.52. The zero-order chi connectivity index (χ0) is 16.2. The van der Waals surface area contributed by atoms with E-state index in [0.29, 0.717) is 5.75 Å². The number of fused-ring (bicyclic) bond motifs is 1. The molecule has 0 atom stereocenters. The first-order chi connectivity index (χ1) is 11.1. The van der Waals surface area contributed by atoms with Gasteiger partial charge in [0.1, 0.15) is 11.3 Å². The molecule has 0 unspecified atom stereocenters. The maximum Gasteiger partial charge on any atom is 0.262 e. The standard InChI is InChI=1S/C19H18N2O2/c1-13-6-3-7-14(2)18(13)21-17(22)12-23-16-10-4-8-15-9-5-11-20-19(15)16/h3-11H,12H2,1-2H3,(H,21,22). The minimum absolute atomic E-state index is 0.0521. The molecule has 0 aliphatic heterocycles. The van der Waals surface area contributed by atoms with Crippen LogP contribution in [0.5, 0.6) is 5.75 Å². The number of nitrogens with one attached hydrogen (secondary N) is 1. The number of aromatic nitrogens is 1. The molecule has 4 heteroatoms. The van der Waals surface area contributed by atoms with Crippen molar-refractivity contribution in [3.63, 3.8) is 0 Å². The number of amides is 1. The Morgan fingerprint density at radius 3 is 2.52 bits per heavy atom. The van der Waals surface area contributed by atoms with Gasteiger partial charge in [-0.15, -0.1) is 0 Å². The van der Waals surface area contributed by atoms with Crippen LogP contribution in [0.4, 0.5) is 5.69 Å². The summed E-state index contributed by atoms with van der Waals surface area (Å²) in [5, 5.41) is 3.90. The van der Waals surface area contributed by atoms with E-state index in [1.54, 1.807) is 6.20 Å². The van der Waals surface area contributed by atoms with Crippen LogP contribution in [-0.4, -0.2) is 17.5 Å². The van der Waals surface area contributed by atoms with Gasteiger partial charge in [0.05, 0.1) is 0 Å². The van der Waals surface area contributed by atoms with Crippen molar-refractivity contribution in [3.05, 3.63) is 65.9 Å².